The Morgan fingerprint density at radius 3 is 2.35 bits per heavy atom. The first-order chi connectivity index (χ1) is 9.59. The van der Waals surface area contributed by atoms with Crippen LogP contribution in [0.15, 0.2) is 0 Å². The van der Waals surface area contributed by atoms with Crippen molar-refractivity contribution in [2.24, 2.45) is 11.7 Å². The number of amides is 4. The van der Waals surface area contributed by atoms with Gasteiger partial charge in [0.2, 0.25) is 11.8 Å². The van der Waals surface area contributed by atoms with Crippen LogP contribution in [0.3, 0.4) is 0 Å². The number of nitrogens with one attached hydrogen (secondary N) is 3. The van der Waals surface area contributed by atoms with Crippen LogP contribution in [0.25, 0.3) is 0 Å². The lowest BCUT2D eigenvalue weighted by atomic mass is 9.89. The molecule has 4 amide bonds. The summed E-state index contributed by atoms with van der Waals surface area (Å²) in [7, 11) is 0. The quantitative estimate of drug-likeness (QED) is 0.422. The molecular formula is C13H24N4O3. The average Bonchev–Trinajstić information content (AvgIpc) is 2.45. The van der Waals surface area contributed by atoms with Crippen LogP contribution in [0.4, 0.5) is 4.79 Å². The fourth-order valence-corrected chi connectivity index (χ4v) is 2.28. The molecule has 7 nitrogen and oxygen atoms in total. The first-order valence-corrected chi connectivity index (χ1v) is 7.21. The Morgan fingerprint density at radius 1 is 1.00 bits per heavy atom. The third-order valence-electron chi connectivity index (χ3n) is 3.43. The van der Waals surface area contributed by atoms with Gasteiger partial charge < -0.3 is 11.1 Å². The Bertz CT molecular complexity index is 341. The number of unbranched alkanes of at least 4 members (excludes halogenated alkanes) is 1. The van der Waals surface area contributed by atoms with E-state index in [0.29, 0.717) is 25.8 Å². The van der Waals surface area contributed by atoms with Crippen molar-refractivity contribution in [3.05, 3.63) is 0 Å². The second-order valence-electron chi connectivity index (χ2n) is 5.12. The van der Waals surface area contributed by atoms with Crippen molar-refractivity contribution in [1.82, 2.24) is 16.2 Å². The molecule has 1 aliphatic rings. The van der Waals surface area contributed by atoms with Crippen molar-refractivity contribution in [2.75, 3.05) is 6.54 Å². The number of nitrogens with two attached hydrogens (primary N) is 1. The lowest BCUT2D eigenvalue weighted by molar-refractivity contribution is -0.131. The van der Waals surface area contributed by atoms with Crippen LogP contribution in [0, 0.1) is 5.92 Å². The van der Waals surface area contributed by atoms with E-state index in [9.17, 15) is 14.4 Å². The third kappa shape index (κ3) is 6.96. The van der Waals surface area contributed by atoms with E-state index in [2.05, 4.69) is 16.2 Å². The second-order valence-corrected chi connectivity index (χ2v) is 5.12. The average molecular weight is 284 g/mol. The minimum atomic E-state index is -0.561. The number of carbonyl (C=O) groups is 3. The molecule has 1 rings (SSSR count). The Morgan fingerprint density at radius 2 is 1.70 bits per heavy atom. The molecule has 0 aromatic heterocycles. The van der Waals surface area contributed by atoms with E-state index in [-0.39, 0.29) is 17.7 Å². The highest BCUT2D eigenvalue weighted by Crippen LogP contribution is 2.23. The number of primary amides is 1. The summed E-state index contributed by atoms with van der Waals surface area (Å²) in [5, 5.41) is 2.45. The number of hydrogen-bond donors (Lipinski definition) is 4. The van der Waals surface area contributed by atoms with Gasteiger partial charge in [0.1, 0.15) is 0 Å². The van der Waals surface area contributed by atoms with Gasteiger partial charge in [0, 0.05) is 18.9 Å². The largest absolute Gasteiger partial charge is 0.352 e. The van der Waals surface area contributed by atoms with Crippen molar-refractivity contribution in [3.8, 4) is 0 Å². The van der Waals surface area contributed by atoms with E-state index in [1.165, 1.54) is 6.42 Å². The Balaban J connectivity index is 2.04. The van der Waals surface area contributed by atoms with Gasteiger partial charge in [0.05, 0.1) is 0 Å². The standard InChI is InChI=1S/C13H24N4O3/c14-13(20)15-9-5-4-8-11(18)16-17-12(19)10-6-2-1-3-7-10/h10H,1-9H2,(H,16,18)(H,17,19)(H3,14,15,20). The molecule has 0 aliphatic heterocycles. The maximum Gasteiger partial charge on any atom is 0.312 e. The molecule has 0 saturated heterocycles. The summed E-state index contributed by atoms with van der Waals surface area (Å²) in [6, 6.07) is -0.561. The Hall–Kier alpha value is -1.79. The summed E-state index contributed by atoms with van der Waals surface area (Å²) in [5.41, 5.74) is 9.82. The molecule has 0 aromatic rings. The molecule has 114 valence electrons. The van der Waals surface area contributed by atoms with E-state index < -0.39 is 6.03 Å². The predicted octanol–water partition coefficient (Wildman–Crippen LogP) is 0.553. The number of hydrogen-bond acceptors (Lipinski definition) is 3. The van der Waals surface area contributed by atoms with Crippen LogP contribution >= 0.6 is 0 Å². The summed E-state index contributed by atoms with van der Waals surface area (Å²) in [5.74, 6) is -0.273. The predicted molar refractivity (Wildman–Crippen MR) is 74.3 cm³/mol. The van der Waals surface area contributed by atoms with Gasteiger partial charge >= 0.3 is 6.03 Å². The van der Waals surface area contributed by atoms with Crippen molar-refractivity contribution < 1.29 is 14.4 Å². The minimum absolute atomic E-state index is 0.0313. The highest BCUT2D eigenvalue weighted by atomic mass is 16.2. The molecular weight excluding hydrogens is 260 g/mol. The number of urea groups is 1. The van der Waals surface area contributed by atoms with Gasteiger partial charge in [-0.15, -0.1) is 0 Å². The van der Waals surface area contributed by atoms with Crippen LogP contribution in [-0.4, -0.2) is 24.4 Å². The normalized spacial score (nSPS) is 15.4. The fraction of sp³-hybridized carbons (Fsp3) is 0.769. The Labute approximate surface area is 119 Å². The van der Waals surface area contributed by atoms with E-state index in [4.69, 9.17) is 5.73 Å². The summed E-state index contributed by atoms with van der Waals surface area (Å²) in [6.07, 6.45) is 6.78. The lowest BCUT2D eigenvalue weighted by Crippen LogP contribution is -2.44. The highest BCUT2D eigenvalue weighted by molar-refractivity contribution is 5.83. The van der Waals surface area contributed by atoms with Crippen molar-refractivity contribution in [1.29, 1.82) is 0 Å². The van der Waals surface area contributed by atoms with Crippen LogP contribution in [0.1, 0.15) is 51.4 Å². The highest BCUT2D eigenvalue weighted by Gasteiger charge is 2.21. The zero-order chi connectivity index (χ0) is 14.8. The molecule has 0 bridgehead atoms. The van der Waals surface area contributed by atoms with E-state index in [0.717, 1.165) is 25.7 Å². The Kier molecular flexibility index (Phi) is 7.46. The molecule has 1 aliphatic carbocycles. The zero-order valence-electron chi connectivity index (χ0n) is 11.7. The molecule has 0 spiro atoms. The van der Waals surface area contributed by atoms with Crippen LogP contribution in [0.2, 0.25) is 0 Å². The smallest absolute Gasteiger partial charge is 0.312 e. The van der Waals surface area contributed by atoms with Gasteiger partial charge in [0.15, 0.2) is 0 Å². The topological polar surface area (TPSA) is 113 Å². The molecule has 20 heavy (non-hydrogen) atoms. The maximum atomic E-state index is 11.8. The van der Waals surface area contributed by atoms with Crippen LogP contribution < -0.4 is 21.9 Å². The van der Waals surface area contributed by atoms with Gasteiger partial charge in [-0.1, -0.05) is 19.3 Å². The maximum absolute atomic E-state index is 11.8. The molecule has 0 unspecified atom stereocenters. The summed E-state index contributed by atoms with van der Waals surface area (Å²) in [4.78, 5) is 33.7. The van der Waals surface area contributed by atoms with Gasteiger partial charge in [-0.3, -0.25) is 20.4 Å². The van der Waals surface area contributed by atoms with E-state index in [1.807, 2.05) is 0 Å². The monoisotopic (exact) mass is 284 g/mol. The molecule has 7 heteroatoms. The van der Waals surface area contributed by atoms with Gasteiger partial charge in [-0.2, -0.15) is 0 Å². The number of rotatable bonds is 6. The zero-order valence-corrected chi connectivity index (χ0v) is 11.7. The van der Waals surface area contributed by atoms with E-state index in [1.54, 1.807) is 0 Å². The molecule has 1 fully saturated rings. The molecule has 5 N–H and O–H groups in total. The van der Waals surface area contributed by atoms with Gasteiger partial charge in [0.25, 0.3) is 0 Å². The van der Waals surface area contributed by atoms with Gasteiger partial charge in [-0.25, -0.2) is 4.79 Å². The molecule has 1 saturated carbocycles. The first kappa shape index (κ1) is 16.3. The lowest BCUT2D eigenvalue weighted by Gasteiger charge is -2.20. The van der Waals surface area contributed by atoms with Crippen LogP contribution in [-0.2, 0) is 9.59 Å². The molecule has 0 aromatic carbocycles. The van der Waals surface area contributed by atoms with Crippen molar-refractivity contribution in [2.45, 2.75) is 51.4 Å². The molecule has 0 radical (unpaired) electrons. The van der Waals surface area contributed by atoms with Gasteiger partial charge in [-0.05, 0) is 25.7 Å². The fourth-order valence-electron chi connectivity index (χ4n) is 2.28. The number of hydrazine groups is 1. The molecule has 0 heterocycles. The van der Waals surface area contributed by atoms with Crippen molar-refractivity contribution >= 4 is 17.8 Å². The summed E-state index contributed by atoms with van der Waals surface area (Å²) in [6.45, 7) is 0.455. The summed E-state index contributed by atoms with van der Waals surface area (Å²) >= 11 is 0. The summed E-state index contributed by atoms with van der Waals surface area (Å²) < 4.78 is 0. The SMILES string of the molecule is NC(=O)NCCCCC(=O)NNC(=O)C1CCCCC1. The second kappa shape index (κ2) is 9.17. The minimum Gasteiger partial charge on any atom is -0.352 e. The van der Waals surface area contributed by atoms with Crippen LogP contribution in [0.5, 0.6) is 0 Å². The molecule has 0 atom stereocenters. The first-order valence-electron chi connectivity index (χ1n) is 7.21. The van der Waals surface area contributed by atoms with Crippen molar-refractivity contribution in [3.63, 3.8) is 0 Å². The third-order valence-corrected chi connectivity index (χ3v) is 3.43. The van der Waals surface area contributed by atoms with E-state index >= 15 is 0 Å². The number of carbonyl (C=O) groups excluding carboxylic acids is 3.